The lowest BCUT2D eigenvalue weighted by atomic mass is 9.72. The minimum Gasteiger partial charge on any atom is -0.465 e. The summed E-state index contributed by atoms with van der Waals surface area (Å²) in [5.41, 5.74) is -0.510. The summed E-state index contributed by atoms with van der Waals surface area (Å²) < 4.78 is 5.74. The van der Waals surface area contributed by atoms with Crippen molar-refractivity contribution in [1.82, 2.24) is 4.90 Å². The molecule has 1 heterocycles. The highest BCUT2D eigenvalue weighted by atomic mass is 16.6. The normalized spacial score (nSPS) is 17.1. The summed E-state index contributed by atoms with van der Waals surface area (Å²) >= 11 is 0. The third kappa shape index (κ3) is 3.52. The summed E-state index contributed by atoms with van der Waals surface area (Å²) in [6.45, 7) is 6.20. The molecule has 1 N–H and O–H groups in total. The molecule has 1 saturated heterocycles. The van der Waals surface area contributed by atoms with Gasteiger partial charge in [-0.05, 0) is 49.9 Å². The number of fused-ring (bicyclic) bond motifs is 1. The monoisotopic (exact) mass is 355 g/mol. The lowest BCUT2D eigenvalue weighted by molar-refractivity contribution is -0.164. The molecule has 1 amide bonds. The first-order valence-electron chi connectivity index (χ1n) is 8.92. The first-order valence-corrected chi connectivity index (χ1v) is 8.92. The van der Waals surface area contributed by atoms with Gasteiger partial charge in [0.1, 0.15) is 5.60 Å². The lowest BCUT2D eigenvalue weighted by Gasteiger charge is -2.40. The number of benzene rings is 2. The maximum absolute atomic E-state index is 13.2. The van der Waals surface area contributed by atoms with Gasteiger partial charge in [0, 0.05) is 13.1 Å². The molecule has 0 radical (unpaired) electrons. The van der Waals surface area contributed by atoms with Crippen molar-refractivity contribution in [2.45, 2.75) is 44.6 Å². The Labute approximate surface area is 153 Å². The zero-order valence-electron chi connectivity index (χ0n) is 15.5. The van der Waals surface area contributed by atoms with Crippen molar-refractivity contribution in [3.05, 3.63) is 48.0 Å². The van der Waals surface area contributed by atoms with Crippen LogP contribution in [-0.2, 0) is 14.9 Å². The van der Waals surface area contributed by atoms with E-state index in [1.807, 2.05) is 63.2 Å². The molecule has 5 nitrogen and oxygen atoms in total. The average molecular weight is 355 g/mol. The molecule has 1 aliphatic rings. The fourth-order valence-electron chi connectivity index (χ4n) is 3.55. The third-order valence-corrected chi connectivity index (χ3v) is 4.98. The van der Waals surface area contributed by atoms with Crippen molar-refractivity contribution in [2.75, 3.05) is 13.1 Å². The topological polar surface area (TPSA) is 66.8 Å². The molecule has 5 heteroatoms. The summed E-state index contributed by atoms with van der Waals surface area (Å²) in [6, 6.07) is 14.0. The SMILES string of the molecule is CC(C)(C)OC(=O)C1(c2ccc3ccccc3c2)CCN(C(=O)O)CC1. The largest absolute Gasteiger partial charge is 0.465 e. The van der Waals surface area contributed by atoms with Gasteiger partial charge >= 0.3 is 12.1 Å². The maximum atomic E-state index is 13.2. The molecule has 0 unspecified atom stereocenters. The Morgan fingerprint density at radius 3 is 2.23 bits per heavy atom. The first kappa shape index (κ1) is 18.2. The van der Waals surface area contributed by atoms with E-state index in [-0.39, 0.29) is 5.97 Å². The van der Waals surface area contributed by atoms with Crippen LogP contribution in [0.1, 0.15) is 39.2 Å². The number of rotatable bonds is 2. The molecule has 1 aliphatic heterocycles. The van der Waals surface area contributed by atoms with E-state index in [2.05, 4.69) is 0 Å². The molecule has 0 saturated carbocycles. The number of carbonyl (C=O) groups excluding carboxylic acids is 1. The number of hydrogen-bond acceptors (Lipinski definition) is 3. The van der Waals surface area contributed by atoms with E-state index < -0.39 is 17.1 Å². The van der Waals surface area contributed by atoms with Gasteiger partial charge in [-0.15, -0.1) is 0 Å². The van der Waals surface area contributed by atoms with Crippen LogP contribution in [0, 0.1) is 0 Å². The molecule has 0 aliphatic carbocycles. The van der Waals surface area contributed by atoms with Crippen LogP contribution in [0.15, 0.2) is 42.5 Å². The van der Waals surface area contributed by atoms with E-state index in [1.54, 1.807) is 0 Å². The minimum atomic E-state index is -0.943. The van der Waals surface area contributed by atoms with Crippen LogP contribution in [0.4, 0.5) is 4.79 Å². The van der Waals surface area contributed by atoms with E-state index in [0.29, 0.717) is 25.9 Å². The molecule has 0 bridgehead atoms. The van der Waals surface area contributed by atoms with Crippen molar-refractivity contribution in [3.8, 4) is 0 Å². The van der Waals surface area contributed by atoms with Gasteiger partial charge < -0.3 is 14.7 Å². The summed E-state index contributed by atoms with van der Waals surface area (Å²) in [4.78, 5) is 25.8. The van der Waals surface area contributed by atoms with Crippen LogP contribution in [0.2, 0.25) is 0 Å². The van der Waals surface area contributed by atoms with E-state index in [4.69, 9.17) is 4.74 Å². The second-order valence-electron chi connectivity index (χ2n) is 7.92. The quantitative estimate of drug-likeness (QED) is 0.820. The molecule has 2 aromatic carbocycles. The molecule has 0 atom stereocenters. The molecular formula is C21H25NO4. The molecule has 26 heavy (non-hydrogen) atoms. The number of piperidine rings is 1. The Morgan fingerprint density at radius 1 is 1.04 bits per heavy atom. The lowest BCUT2D eigenvalue weighted by Crippen LogP contribution is -2.50. The molecular weight excluding hydrogens is 330 g/mol. The van der Waals surface area contributed by atoms with E-state index in [9.17, 15) is 14.7 Å². The van der Waals surface area contributed by atoms with Gasteiger partial charge in [0.05, 0.1) is 5.41 Å². The fraction of sp³-hybridized carbons (Fsp3) is 0.429. The Balaban J connectivity index is 2.02. The van der Waals surface area contributed by atoms with Crippen LogP contribution >= 0.6 is 0 Å². The molecule has 2 aromatic rings. The van der Waals surface area contributed by atoms with Gasteiger partial charge in [0.2, 0.25) is 0 Å². The number of esters is 1. The van der Waals surface area contributed by atoms with E-state index >= 15 is 0 Å². The summed E-state index contributed by atoms with van der Waals surface area (Å²) in [6.07, 6.45) is -0.0969. The number of likely N-dealkylation sites (tertiary alicyclic amines) is 1. The first-order chi connectivity index (χ1) is 12.2. The molecule has 138 valence electrons. The Hall–Kier alpha value is -2.56. The number of carboxylic acid groups (broad SMARTS) is 1. The Kier molecular flexibility index (Phi) is 4.65. The number of ether oxygens (including phenoxy) is 1. The second kappa shape index (κ2) is 6.63. The highest BCUT2D eigenvalue weighted by molar-refractivity contribution is 5.88. The van der Waals surface area contributed by atoms with Crippen molar-refractivity contribution in [1.29, 1.82) is 0 Å². The van der Waals surface area contributed by atoms with E-state index in [0.717, 1.165) is 16.3 Å². The van der Waals surface area contributed by atoms with Crippen LogP contribution in [-0.4, -0.2) is 40.8 Å². The standard InChI is InChI=1S/C21H25NO4/c1-20(2,3)26-18(23)21(10-12-22(13-11-21)19(24)25)17-9-8-15-6-4-5-7-16(15)14-17/h4-9,14H,10-13H2,1-3H3,(H,24,25). The summed E-state index contributed by atoms with van der Waals surface area (Å²) in [7, 11) is 0. The van der Waals surface area contributed by atoms with Gasteiger partial charge in [-0.25, -0.2) is 4.79 Å². The predicted octanol–water partition coefficient (Wildman–Crippen LogP) is 4.19. The van der Waals surface area contributed by atoms with Gasteiger partial charge in [-0.1, -0.05) is 42.5 Å². The van der Waals surface area contributed by atoms with Crippen LogP contribution in [0.5, 0.6) is 0 Å². The van der Waals surface area contributed by atoms with Gasteiger partial charge in [-0.3, -0.25) is 4.79 Å². The summed E-state index contributed by atoms with van der Waals surface area (Å²) in [5.74, 6) is -0.273. The maximum Gasteiger partial charge on any atom is 0.407 e. The van der Waals surface area contributed by atoms with Crippen LogP contribution < -0.4 is 0 Å². The van der Waals surface area contributed by atoms with Gasteiger partial charge in [-0.2, -0.15) is 0 Å². The second-order valence-corrected chi connectivity index (χ2v) is 7.92. The number of nitrogens with zero attached hydrogens (tertiary/aromatic N) is 1. The molecule has 3 rings (SSSR count). The Bertz CT molecular complexity index is 829. The van der Waals surface area contributed by atoms with Crippen molar-refractivity contribution < 1.29 is 19.4 Å². The molecule has 0 spiro atoms. The number of carbonyl (C=O) groups is 2. The number of amides is 1. The highest BCUT2D eigenvalue weighted by Gasteiger charge is 2.46. The zero-order valence-corrected chi connectivity index (χ0v) is 15.5. The summed E-state index contributed by atoms with van der Waals surface area (Å²) in [5, 5.41) is 11.4. The zero-order chi connectivity index (χ0) is 18.9. The van der Waals surface area contributed by atoms with Gasteiger partial charge in [0.25, 0.3) is 0 Å². The van der Waals surface area contributed by atoms with Crippen molar-refractivity contribution in [3.63, 3.8) is 0 Å². The smallest absolute Gasteiger partial charge is 0.407 e. The highest BCUT2D eigenvalue weighted by Crippen LogP contribution is 2.39. The van der Waals surface area contributed by atoms with Gasteiger partial charge in [0.15, 0.2) is 0 Å². The third-order valence-electron chi connectivity index (χ3n) is 4.98. The van der Waals surface area contributed by atoms with Crippen LogP contribution in [0.25, 0.3) is 10.8 Å². The number of hydrogen-bond donors (Lipinski definition) is 1. The van der Waals surface area contributed by atoms with Crippen molar-refractivity contribution in [2.24, 2.45) is 0 Å². The minimum absolute atomic E-state index is 0.273. The fourth-order valence-corrected chi connectivity index (χ4v) is 3.55. The molecule has 0 aromatic heterocycles. The van der Waals surface area contributed by atoms with Crippen LogP contribution in [0.3, 0.4) is 0 Å². The molecule has 1 fully saturated rings. The van der Waals surface area contributed by atoms with E-state index in [1.165, 1.54) is 4.90 Å². The van der Waals surface area contributed by atoms with Crippen molar-refractivity contribution >= 4 is 22.8 Å². The Morgan fingerprint density at radius 2 is 1.65 bits per heavy atom. The predicted molar refractivity (Wildman–Crippen MR) is 100 cm³/mol. The average Bonchev–Trinajstić information content (AvgIpc) is 2.59.